The smallest absolute Gasteiger partial charge is 0.331 e. The summed E-state index contributed by atoms with van der Waals surface area (Å²) in [5.41, 5.74) is 0.730. The molecule has 1 saturated heterocycles. The summed E-state index contributed by atoms with van der Waals surface area (Å²) in [4.78, 5) is 12.9. The largest absolute Gasteiger partial charge is 0.403 e. The van der Waals surface area contributed by atoms with E-state index in [-0.39, 0.29) is 11.9 Å². The van der Waals surface area contributed by atoms with E-state index >= 15 is 0 Å². The second-order valence-corrected chi connectivity index (χ2v) is 5.73. The zero-order valence-electron chi connectivity index (χ0n) is 9.37. The minimum Gasteiger partial charge on any atom is -0.403 e. The summed E-state index contributed by atoms with van der Waals surface area (Å²) in [7, 11) is 0. The van der Waals surface area contributed by atoms with Gasteiger partial charge >= 0.3 is 6.01 Å². The number of aromatic nitrogens is 2. The van der Waals surface area contributed by atoms with E-state index in [4.69, 9.17) is 28.2 Å². The van der Waals surface area contributed by atoms with Crippen molar-refractivity contribution < 1.29 is 9.21 Å². The van der Waals surface area contributed by atoms with Gasteiger partial charge in [0.15, 0.2) is 4.32 Å². The molecular formula is C11H6ClN3O2S2. The van der Waals surface area contributed by atoms with Crippen molar-refractivity contribution in [2.45, 2.75) is 0 Å². The summed E-state index contributed by atoms with van der Waals surface area (Å²) >= 11 is 12.2. The lowest BCUT2D eigenvalue weighted by molar-refractivity contribution is -0.115. The Morgan fingerprint density at radius 3 is 2.68 bits per heavy atom. The molecule has 0 aliphatic carbocycles. The van der Waals surface area contributed by atoms with Gasteiger partial charge in [-0.25, -0.2) is 4.90 Å². The van der Waals surface area contributed by atoms with Crippen molar-refractivity contribution in [2.24, 2.45) is 0 Å². The number of thiocarbonyl (C=S) groups is 1. The molecule has 0 spiro atoms. The number of thioether (sulfide) groups is 1. The van der Waals surface area contributed by atoms with Gasteiger partial charge in [-0.05, 0) is 24.3 Å². The van der Waals surface area contributed by atoms with Crippen molar-refractivity contribution >= 4 is 51.8 Å². The fourth-order valence-corrected chi connectivity index (χ4v) is 2.72. The fourth-order valence-electron chi connectivity index (χ4n) is 1.55. The summed E-state index contributed by atoms with van der Waals surface area (Å²) in [5, 5.41) is 8.38. The molecule has 0 atom stereocenters. The normalized spacial score (nSPS) is 15.3. The average molecular weight is 312 g/mol. The van der Waals surface area contributed by atoms with E-state index in [0.29, 0.717) is 21.0 Å². The molecule has 2 aromatic rings. The summed E-state index contributed by atoms with van der Waals surface area (Å²) < 4.78 is 5.90. The lowest BCUT2D eigenvalue weighted by atomic mass is 10.2. The fraction of sp³-hybridized carbons (Fsp3) is 0.0909. The molecule has 8 heteroatoms. The molecule has 2 heterocycles. The SMILES string of the molecule is O=C1CSC(=S)N1c1nnc(-c2ccc(Cl)cc2)o1. The van der Waals surface area contributed by atoms with Gasteiger partial charge in [0.2, 0.25) is 11.8 Å². The Labute approximate surface area is 122 Å². The van der Waals surface area contributed by atoms with Crippen LogP contribution in [0.5, 0.6) is 0 Å². The van der Waals surface area contributed by atoms with E-state index in [0.717, 1.165) is 5.56 Å². The third-order valence-electron chi connectivity index (χ3n) is 2.45. The van der Waals surface area contributed by atoms with Crippen molar-refractivity contribution in [1.29, 1.82) is 0 Å². The Morgan fingerprint density at radius 2 is 2.05 bits per heavy atom. The van der Waals surface area contributed by atoms with Crippen molar-refractivity contribution in [1.82, 2.24) is 10.2 Å². The monoisotopic (exact) mass is 311 g/mol. The number of amides is 1. The van der Waals surface area contributed by atoms with Crippen LogP contribution in [0.3, 0.4) is 0 Å². The van der Waals surface area contributed by atoms with Gasteiger partial charge in [-0.15, -0.1) is 5.10 Å². The van der Waals surface area contributed by atoms with Gasteiger partial charge in [0.05, 0.1) is 5.75 Å². The highest BCUT2D eigenvalue weighted by molar-refractivity contribution is 8.24. The number of halogens is 1. The van der Waals surface area contributed by atoms with Crippen molar-refractivity contribution in [2.75, 3.05) is 10.7 Å². The van der Waals surface area contributed by atoms with E-state index in [1.54, 1.807) is 24.3 Å². The van der Waals surface area contributed by atoms with Crippen molar-refractivity contribution in [3.63, 3.8) is 0 Å². The topological polar surface area (TPSA) is 59.2 Å². The zero-order valence-corrected chi connectivity index (χ0v) is 11.8. The van der Waals surface area contributed by atoms with Crippen LogP contribution in [-0.4, -0.2) is 26.2 Å². The molecule has 1 aromatic carbocycles. The highest BCUT2D eigenvalue weighted by Gasteiger charge is 2.32. The van der Waals surface area contributed by atoms with Crippen LogP contribution in [0.15, 0.2) is 28.7 Å². The number of hydrogen-bond acceptors (Lipinski definition) is 6. The third kappa shape index (κ3) is 2.36. The first-order valence-corrected chi connectivity index (χ1v) is 7.01. The number of rotatable bonds is 2. The second-order valence-electron chi connectivity index (χ2n) is 3.68. The Hall–Kier alpha value is -1.44. The van der Waals surface area contributed by atoms with Gasteiger partial charge in [0.1, 0.15) is 0 Å². The number of carbonyl (C=O) groups is 1. The second kappa shape index (κ2) is 4.92. The predicted molar refractivity (Wildman–Crippen MR) is 77.3 cm³/mol. The summed E-state index contributed by atoms with van der Waals surface area (Å²) in [6.07, 6.45) is 0. The molecule has 1 fully saturated rings. The minimum absolute atomic E-state index is 0.102. The molecule has 0 unspecified atom stereocenters. The lowest BCUT2D eigenvalue weighted by Gasteiger charge is -2.07. The van der Waals surface area contributed by atoms with Gasteiger partial charge in [-0.1, -0.05) is 40.7 Å². The van der Waals surface area contributed by atoms with Gasteiger partial charge in [0.25, 0.3) is 0 Å². The Kier molecular flexibility index (Phi) is 3.26. The molecule has 1 amide bonds. The zero-order chi connectivity index (χ0) is 13.4. The van der Waals surface area contributed by atoms with E-state index in [2.05, 4.69) is 10.2 Å². The first-order chi connectivity index (χ1) is 9.15. The lowest BCUT2D eigenvalue weighted by Crippen LogP contribution is -2.28. The average Bonchev–Trinajstić information content (AvgIpc) is 2.98. The molecular weight excluding hydrogens is 306 g/mol. The maximum atomic E-state index is 11.6. The Bertz CT molecular complexity index is 640. The number of carbonyl (C=O) groups excluding carboxylic acids is 1. The number of nitrogens with zero attached hydrogens (tertiary/aromatic N) is 3. The summed E-state index contributed by atoms with van der Waals surface area (Å²) in [6, 6.07) is 7.08. The van der Waals surface area contributed by atoms with Gasteiger partial charge in [0, 0.05) is 10.6 Å². The highest BCUT2D eigenvalue weighted by Crippen LogP contribution is 2.28. The standard InChI is InChI=1S/C11H6ClN3O2S2/c12-7-3-1-6(2-4-7)9-13-14-10(17-9)15-8(16)5-19-11(15)18/h1-4H,5H2. The van der Waals surface area contributed by atoms with E-state index in [9.17, 15) is 4.79 Å². The number of benzene rings is 1. The van der Waals surface area contributed by atoms with Crippen LogP contribution in [0, 0.1) is 0 Å². The van der Waals surface area contributed by atoms with Crippen molar-refractivity contribution in [3.8, 4) is 11.5 Å². The molecule has 0 N–H and O–H groups in total. The molecule has 1 aromatic heterocycles. The molecule has 0 radical (unpaired) electrons. The predicted octanol–water partition coefficient (Wildman–Crippen LogP) is 2.75. The molecule has 96 valence electrons. The molecule has 0 saturated carbocycles. The highest BCUT2D eigenvalue weighted by atomic mass is 35.5. The first kappa shape index (κ1) is 12.6. The van der Waals surface area contributed by atoms with E-state index in [1.807, 2.05) is 0 Å². The van der Waals surface area contributed by atoms with E-state index in [1.165, 1.54) is 16.7 Å². The molecule has 1 aliphatic rings. The Balaban J connectivity index is 1.93. The Morgan fingerprint density at radius 1 is 1.32 bits per heavy atom. The van der Waals surface area contributed by atoms with E-state index < -0.39 is 0 Å². The van der Waals surface area contributed by atoms with Gasteiger partial charge in [-0.2, -0.15) is 0 Å². The number of hydrogen-bond donors (Lipinski definition) is 0. The molecule has 3 rings (SSSR count). The molecule has 0 bridgehead atoms. The van der Waals surface area contributed by atoms with Crippen LogP contribution in [0.1, 0.15) is 0 Å². The number of anilines is 1. The van der Waals surface area contributed by atoms with Gasteiger partial charge < -0.3 is 4.42 Å². The quantitative estimate of drug-likeness (QED) is 0.795. The van der Waals surface area contributed by atoms with Crippen molar-refractivity contribution in [3.05, 3.63) is 29.3 Å². The summed E-state index contributed by atoms with van der Waals surface area (Å²) in [5.74, 6) is 0.470. The van der Waals surface area contributed by atoms with Crippen LogP contribution in [0.2, 0.25) is 5.02 Å². The molecule has 5 nitrogen and oxygen atoms in total. The van der Waals surface area contributed by atoms with Crippen LogP contribution in [0.25, 0.3) is 11.5 Å². The van der Waals surface area contributed by atoms with Gasteiger partial charge in [-0.3, -0.25) is 4.79 Å². The summed E-state index contributed by atoms with van der Waals surface area (Å²) in [6.45, 7) is 0. The van der Waals surface area contributed by atoms with Crippen LogP contribution in [-0.2, 0) is 4.79 Å². The van der Waals surface area contributed by atoms with Crippen LogP contribution in [0.4, 0.5) is 6.01 Å². The third-order valence-corrected chi connectivity index (χ3v) is 4.06. The maximum Gasteiger partial charge on any atom is 0.331 e. The molecule has 1 aliphatic heterocycles. The first-order valence-electron chi connectivity index (χ1n) is 5.24. The van der Waals surface area contributed by atoms with Crippen LogP contribution >= 0.6 is 35.6 Å². The van der Waals surface area contributed by atoms with Crippen LogP contribution < -0.4 is 4.90 Å². The minimum atomic E-state index is -0.152. The maximum absolute atomic E-state index is 11.6. The molecule has 19 heavy (non-hydrogen) atoms.